The van der Waals surface area contributed by atoms with E-state index in [1.165, 1.54) is 12.1 Å². The summed E-state index contributed by atoms with van der Waals surface area (Å²) >= 11 is 5.69. The third-order valence-corrected chi connectivity index (χ3v) is 4.70. The Balaban J connectivity index is 2.27. The van der Waals surface area contributed by atoms with Gasteiger partial charge in [-0.2, -0.15) is 13.2 Å². The van der Waals surface area contributed by atoms with E-state index in [0.717, 1.165) is 26.2 Å². The van der Waals surface area contributed by atoms with Crippen LogP contribution in [0.5, 0.6) is 0 Å². The number of amides is 2. The summed E-state index contributed by atoms with van der Waals surface area (Å²) in [4.78, 5) is 49.4. The Morgan fingerprint density at radius 1 is 1.11 bits per heavy atom. The van der Waals surface area contributed by atoms with Crippen molar-refractivity contribution in [2.75, 3.05) is 5.32 Å². The molecule has 2 N–H and O–H groups in total. The highest BCUT2D eigenvalue weighted by Gasteiger charge is 2.68. The van der Waals surface area contributed by atoms with Gasteiger partial charge in [-0.1, -0.05) is 11.6 Å². The summed E-state index contributed by atoms with van der Waals surface area (Å²) in [6.07, 6.45) is -5.38. The molecule has 0 bridgehead atoms. The molecule has 8 nitrogen and oxygen atoms in total. The molecule has 1 unspecified atom stereocenters. The average molecular weight is 417 g/mol. The molecule has 28 heavy (non-hydrogen) atoms. The van der Waals surface area contributed by atoms with Crippen LogP contribution in [0.1, 0.15) is 15.9 Å². The van der Waals surface area contributed by atoms with E-state index in [4.69, 9.17) is 11.6 Å². The third kappa shape index (κ3) is 2.61. The maximum Gasteiger partial charge on any atom is 0.425 e. The molecule has 148 valence electrons. The second-order valence-corrected chi connectivity index (χ2v) is 6.53. The first-order valence-corrected chi connectivity index (χ1v) is 8.06. The number of carbonyl (C=O) groups is 2. The fraction of sp³-hybridized carbons (Fsp3) is 0.250. The normalized spacial score (nSPS) is 18.6. The third-order valence-electron chi connectivity index (χ3n) is 4.44. The molecule has 1 aromatic heterocycles. The minimum atomic E-state index is -5.38. The minimum Gasteiger partial charge on any atom is -0.326 e. The lowest BCUT2D eigenvalue weighted by molar-refractivity contribution is -0.196. The summed E-state index contributed by atoms with van der Waals surface area (Å²) < 4.78 is 43.4. The summed E-state index contributed by atoms with van der Waals surface area (Å²) in [5, 5.41) is 3.78. The Morgan fingerprint density at radius 3 is 2.21 bits per heavy atom. The highest BCUT2D eigenvalue weighted by Crippen LogP contribution is 2.45. The number of fused-ring (bicyclic) bond motifs is 1. The lowest BCUT2D eigenvalue weighted by Gasteiger charge is -2.30. The molecule has 12 heteroatoms. The lowest BCUT2D eigenvalue weighted by atomic mass is 9.91. The highest BCUT2D eigenvalue weighted by atomic mass is 35.5. The van der Waals surface area contributed by atoms with E-state index < -0.39 is 46.2 Å². The van der Waals surface area contributed by atoms with Crippen molar-refractivity contribution in [1.82, 2.24) is 14.5 Å². The van der Waals surface area contributed by atoms with E-state index in [2.05, 4.69) is 0 Å². The first-order chi connectivity index (χ1) is 12.9. The van der Waals surface area contributed by atoms with E-state index in [1.807, 2.05) is 5.32 Å². The number of halogens is 4. The number of rotatable bonds is 2. The van der Waals surface area contributed by atoms with Crippen molar-refractivity contribution in [2.24, 2.45) is 14.1 Å². The van der Waals surface area contributed by atoms with Crippen LogP contribution >= 0.6 is 11.6 Å². The van der Waals surface area contributed by atoms with Gasteiger partial charge in [-0.25, -0.2) is 4.79 Å². The van der Waals surface area contributed by atoms with Crippen LogP contribution in [0.4, 0.5) is 19.0 Å². The second-order valence-electron chi connectivity index (χ2n) is 6.09. The van der Waals surface area contributed by atoms with Crippen LogP contribution in [0, 0.1) is 0 Å². The van der Waals surface area contributed by atoms with Crippen LogP contribution in [0.2, 0.25) is 5.02 Å². The standard InChI is InChI=1S/C16H12ClF3N4O4/c1-23-10-9(12(26)24(2)14(23)28)15(13(27)21-10,16(18,19)20)22-11(25)7-3-5-8(17)6-4-7/h3-6H,1-2H3,(H,21,27)(H,22,25). The van der Waals surface area contributed by atoms with Crippen molar-refractivity contribution in [3.63, 3.8) is 0 Å². The summed E-state index contributed by atoms with van der Waals surface area (Å²) in [5.41, 5.74) is -7.26. The summed E-state index contributed by atoms with van der Waals surface area (Å²) in [6, 6.07) is 4.88. The predicted molar refractivity (Wildman–Crippen MR) is 92.2 cm³/mol. The van der Waals surface area contributed by atoms with Gasteiger partial charge in [-0.15, -0.1) is 0 Å². The summed E-state index contributed by atoms with van der Waals surface area (Å²) in [5.74, 6) is -3.59. The fourth-order valence-corrected chi connectivity index (χ4v) is 3.07. The molecule has 0 saturated carbocycles. The maximum atomic E-state index is 14.1. The molecule has 0 spiro atoms. The Morgan fingerprint density at radius 2 is 1.68 bits per heavy atom. The molecule has 2 amide bonds. The molecule has 1 aromatic carbocycles. The van der Waals surface area contributed by atoms with Crippen LogP contribution in [0.3, 0.4) is 0 Å². The summed E-state index contributed by atoms with van der Waals surface area (Å²) in [7, 11) is 2.06. The molecule has 2 aromatic rings. The average Bonchev–Trinajstić information content (AvgIpc) is 2.92. The Labute approximate surface area is 159 Å². The van der Waals surface area contributed by atoms with Crippen molar-refractivity contribution in [3.05, 3.63) is 61.3 Å². The molecule has 1 aliphatic rings. The van der Waals surface area contributed by atoms with Gasteiger partial charge in [-0.05, 0) is 24.3 Å². The lowest BCUT2D eigenvalue weighted by Crippen LogP contribution is -2.62. The zero-order chi connectivity index (χ0) is 21.0. The van der Waals surface area contributed by atoms with Crippen molar-refractivity contribution < 1.29 is 22.8 Å². The molecule has 1 aliphatic heterocycles. The van der Waals surface area contributed by atoms with E-state index >= 15 is 0 Å². The van der Waals surface area contributed by atoms with Gasteiger partial charge in [-0.3, -0.25) is 23.5 Å². The summed E-state index contributed by atoms with van der Waals surface area (Å²) in [6.45, 7) is 0. The van der Waals surface area contributed by atoms with Crippen molar-refractivity contribution >= 4 is 29.2 Å². The SMILES string of the molecule is Cn1c2c(c(=O)n(C)c1=O)C(NC(=O)c1ccc(Cl)cc1)(C(F)(F)F)C(=O)N2. The number of aromatic nitrogens is 2. The Kier molecular flexibility index (Phi) is 4.38. The van der Waals surface area contributed by atoms with Gasteiger partial charge in [0.1, 0.15) is 11.4 Å². The van der Waals surface area contributed by atoms with Gasteiger partial charge in [0.25, 0.3) is 22.9 Å². The number of hydrogen-bond acceptors (Lipinski definition) is 4. The van der Waals surface area contributed by atoms with Crippen molar-refractivity contribution in [3.8, 4) is 0 Å². The first-order valence-electron chi connectivity index (χ1n) is 7.68. The van der Waals surface area contributed by atoms with E-state index in [9.17, 15) is 32.3 Å². The van der Waals surface area contributed by atoms with Gasteiger partial charge >= 0.3 is 11.9 Å². The maximum absolute atomic E-state index is 14.1. The van der Waals surface area contributed by atoms with Crippen molar-refractivity contribution in [2.45, 2.75) is 11.7 Å². The van der Waals surface area contributed by atoms with Gasteiger partial charge in [0.15, 0.2) is 0 Å². The van der Waals surface area contributed by atoms with Crippen LogP contribution < -0.4 is 21.9 Å². The zero-order valence-electron chi connectivity index (χ0n) is 14.3. The fourth-order valence-electron chi connectivity index (χ4n) is 2.95. The molecule has 0 radical (unpaired) electrons. The molecule has 0 aliphatic carbocycles. The largest absolute Gasteiger partial charge is 0.425 e. The first kappa shape index (κ1) is 19.7. The monoisotopic (exact) mass is 416 g/mol. The van der Waals surface area contributed by atoms with E-state index in [1.54, 1.807) is 5.32 Å². The van der Waals surface area contributed by atoms with Crippen LogP contribution in [-0.4, -0.2) is 27.1 Å². The number of alkyl halides is 3. The number of nitrogens with zero attached hydrogens (tertiary/aromatic N) is 2. The van der Waals surface area contributed by atoms with Crippen LogP contribution in [-0.2, 0) is 24.4 Å². The minimum absolute atomic E-state index is 0.212. The Hall–Kier alpha value is -3.08. The van der Waals surface area contributed by atoms with E-state index in [0.29, 0.717) is 9.13 Å². The number of carbonyl (C=O) groups excluding carboxylic acids is 2. The Bertz CT molecular complexity index is 1120. The van der Waals surface area contributed by atoms with Gasteiger partial charge in [0.05, 0.1) is 0 Å². The van der Waals surface area contributed by atoms with Crippen LogP contribution in [0.25, 0.3) is 0 Å². The van der Waals surface area contributed by atoms with Gasteiger partial charge in [0.2, 0.25) is 0 Å². The second kappa shape index (κ2) is 6.23. The highest BCUT2D eigenvalue weighted by molar-refractivity contribution is 6.30. The van der Waals surface area contributed by atoms with Gasteiger partial charge < -0.3 is 10.6 Å². The number of anilines is 1. The number of nitrogens with one attached hydrogen (secondary N) is 2. The van der Waals surface area contributed by atoms with E-state index in [-0.39, 0.29) is 10.6 Å². The number of benzene rings is 1. The molecule has 3 rings (SSSR count). The smallest absolute Gasteiger partial charge is 0.326 e. The molecule has 2 heterocycles. The van der Waals surface area contributed by atoms with Gasteiger partial charge in [0, 0.05) is 24.7 Å². The van der Waals surface area contributed by atoms with Crippen LogP contribution in [0.15, 0.2) is 33.9 Å². The van der Waals surface area contributed by atoms with Crippen molar-refractivity contribution in [1.29, 1.82) is 0 Å². The topological polar surface area (TPSA) is 102 Å². The zero-order valence-corrected chi connectivity index (χ0v) is 15.1. The molecular formula is C16H12ClF3N4O4. The molecule has 1 atom stereocenters. The molecular weight excluding hydrogens is 405 g/mol. The predicted octanol–water partition coefficient (Wildman–Crippen LogP) is 0.877. The quantitative estimate of drug-likeness (QED) is 0.758. The number of hydrogen-bond donors (Lipinski definition) is 2. The molecule has 0 saturated heterocycles. The molecule has 0 fully saturated rings.